The smallest absolute Gasteiger partial charge is 0.0925 e. The predicted octanol–water partition coefficient (Wildman–Crippen LogP) is 2.38. The molecular weight excluding hydrogens is 180 g/mol. The molecule has 0 aliphatic heterocycles. The molecule has 0 bridgehead atoms. The average molecular weight is 198 g/mol. The highest BCUT2D eigenvalue weighted by molar-refractivity contribution is 7.09. The average Bonchev–Trinajstić information content (AvgIpc) is 2.47. The third-order valence-electron chi connectivity index (χ3n) is 1.93. The van der Waals surface area contributed by atoms with E-state index in [1.165, 1.54) is 10.7 Å². The first-order valence-electron chi connectivity index (χ1n) is 4.73. The molecule has 0 spiro atoms. The van der Waals surface area contributed by atoms with Gasteiger partial charge in [0.2, 0.25) is 0 Å². The number of aryl methyl sites for hydroxylation is 2. The normalized spacial score (nSPS) is 12.0. The van der Waals surface area contributed by atoms with E-state index in [9.17, 15) is 0 Å². The molecule has 0 amide bonds. The van der Waals surface area contributed by atoms with Gasteiger partial charge in [-0.05, 0) is 33.1 Å². The number of nitrogens with zero attached hydrogens (tertiary/aromatic N) is 1. The maximum Gasteiger partial charge on any atom is 0.0925 e. The summed E-state index contributed by atoms with van der Waals surface area (Å²) in [4.78, 5) is 4.49. The highest BCUT2D eigenvalue weighted by Gasteiger charge is 2.11. The molecule has 0 saturated heterocycles. The van der Waals surface area contributed by atoms with Gasteiger partial charge in [0.15, 0.2) is 0 Å². The zero-order chi connectivity index (χ0) is 9.90. The fraction of sp³-hybridized carbons (Fsp3) is 0.700. The van der Waals surface area contributed by atoms with Crippen molar-refractivity contribution in [1.82, 2.24) is 4.98 Å². The Morgan fingerprint density at radius 2 is 2.23 bits per heavy atom. The third-order valence-corrected chi connectivity index (χ3v) is 2.97. The summed E-state index contributed by atoms with van der Waals surface area (Å²) >= 11 is 1.75. The number of nitrogens with two attached hydrogens (primary N) is 1. The molecule has 2 nitrogen and oxygen atoms in total. The molecule has 0 unspecified atom stereocenters. The number of aromatic nitrogens is 1. The summed E-state index contributed by atoms with van der Waals surface area (Å²) in [6, 6.07) is 0. The van der Waals surface area contributed by atoms with Crippen molar-refractivity contribution >= 4 is 11.3 Å². The van der Waals surface area contributed by atoms with E-state index in [1.54, 1.807) is 11.3 Å². The quantitative estimate of drug-likeness (QED) is 0.806. The van der Waals surface area contributed by atoms with Gasteiger partial charge < -0.3 is 5.73 Å². The lowest BCUT2D eigenvalue weighted by molar-refractivity contribution is 0.474. The number of hydrogen-bond acceptors (Lipinski definition) is 3. The summed E-state index contributed by atoms with van der Waals surface area (Å²) in [6.45, 7) is 6.25. The molecule has 1 rings (SSSR count). The summed E-state index contributed by atoms with van der Waals surface area (Å²) in [5.74, 6) is 0. The lowest BCUT2D eigenvalue weighted by Crippen LogP contribution is -2.32. The van der Waals surface area contributed by atoms with Crippen LogP contribution in [0.1, 0.15) is 37.9 Å². The minimum atomic E-state index is -0.0734. The Morgan fingerprint density at radius 1 is 1.54 bits per heavy atom. The standard InChI is InChI=1S/C10H18N2S/c1-4-9-12-8(7-13-9)5-6-10(2,3)11/h7H,4-6,11H2,1-3H3. The molecule has 1 heterocycles. The minimum Gasteiger partial charge on any atom is -0.326 e. The van der Waals surface area contributed by atoms with E-state index < -0.39 is 0 Å². The molecule has 1 aromatic rings. The zero-order valence-electron chi connectivity index (χ0n) is 8.63. The van der Waals surface area contributed by atoms with Gasteiger partial charge in [-0.25, -0.2) is 4.98 Å². The van der Waals surface area contributed by atoms with Crippen LogP contribution >= 0.6 is 11.3 Å². The van der Waals surface area contributed by atoms with Crippen LogP contribution in [0, 0.1) is 0 Å². The largest absolute Gasteiger partial charge is 0.326 e. The maximum absolute atomic E-state index is 5.90. The Morgan fingerprint density at radius 3 is 2.69 bits per heavy atom. The van der Waals surface area contributed by atoms with Gasteiger partial charge in [0, 0.05) is 10.9 Å². The van der Waals surface area contributed by atoms with Crippen molar-refractivity contribution in [1.29, 1.82) is 0 Å². The van der Waals surface area contributed by atoms with Crippen LogP contribution in [-0.2, 0) is 12.8 Å². The summed E-state index contributed by atoms with van der Waals surface area (Å²) in [5, 5.41) is 3.37. The van der Waals surface area contributed by atoms with Crippen molar-refractivity contribution in [2.24, 2.45) is 5.73 Å². The number of thiazole rings is 1. The van der Waals surface area contributed by atoms with Crippen LogP contribution in [-0.4, -0.2) is 10.5 Å². The van der Waals surface area contributed by atoms with Gasteiger partial charge in [0.25, 0.3) is 0 Å². The number of rotatable bonds is 4. The monoisotopic (exact) mass is 198 g/mol. The van der Waals surface area contributed by atoms with Crippen LogP contribution in [0.25, 0.3) is 0 Å². The molecule has 74 valence electrons. The maximum atomic E-state index is 5.90. The molecule has 3 heteroatoms. The van der Waals surface area contributed by atoms with Crippen molar-refractivity contribution in [3.8, 4) is 0 Å². The predicted molar refractivity (Wildman–Crippen MR) is 58.1 cm³/mol. The summed E-state index contributed by atoms with van der Waals surface area (Å²) in [7, 11) is 0. The first kappa shape index (κ1) is 10.7. The lowest BCUT2D eigenvalue weighted by Gasteiger charge is -2.16. The highest BCUT2D eigenvalue weighted by Crippen LogP contribution is 2.14. The Balaban J connectivity index is 2.46. The van der Waals surface area contributed by atoms with Gasteiger partial charge in [-0.3, -0.25) is 0 Å². The van der Waals surface area contributed by atoms with Gasteiger partial charge in [-0.1, -0.05) is 6.92 Å². The summed E-state index contributed by atoms with van der Waals surface area (Å²) < 4.78 is 0. The van der Waals surface area contributed by atoms with Gasteiger partial charge in [0.05, 0.1) is 10.7 Å². The van der Waals surface area contributed by atoms with Crippen LogP contribution in [0.5, 0.6) is 0 Å². The second kappa shape index (κ2) is 4.20. The van der Waals surface area contributed by atoms with E-state index in [0.717, 1.165) is 19.3 Å². The number of hydrogen-bond donors (Lipinski definition) is 1. The van der Waals surface area contributed by atoms with E-state index in [2.05, 4.69) is 31.1 Å². The molecule has 0 fully saturated rings. The second-order valence-electron chi connectivity index (χ2n) is 4.07. The molecule has 0 aromatic carbocycles. The van der Waals surface area contributed by atoms with Gasteiger partial charge in [-0.15, -0.1) is 11.3 Å². The van der Waals surface area contributed by atoms with E-state index >= 15 is 0 Å². The van der Waals surface area contributed by atoms with Gasteiger partial charge >= 0.3 is 0 Å². The first-order valence-corrected chi connectivity index (χ1v) is 5.61. The zero-order valence-corrected chi connectivity index (χ0v) is 9.45. The van der Waals surface area contributed by atoms with Crippen LogP contribution in [0.4, 0.5) is 0 Å². The third kappa shape index (κ3) is 3.87. The SMILES string of the molecule is CCc1nc(CCC(C)(C)N)cs1. The van der Waals surface area contributed by atoms with E-state index in [4.69, 9.17) is 5.73 Å². The molecule has 0 radical (unpaired) electrons. The van der Waals surface area contributed by atoms with Crippen molar-refractivity contribution in [2.75, 3.05) is 0 Å². The topological polar surface area (TPSA) is 38.9 Å². The fourth-order valence-electron chi connectivity index (χ4n) is 1.08. The van der Waals surface area contributed by atoms with E-state index in [-0.39, 0.29) is 5.54 Å². The van der Waals surface area contributed by atoms with E-state index in [1.807, 2.05) is 0 Å². The highest BCUT2D eigenvalue weighted by atomic mass is 32.1. The van der Waals surface area contributed by atoms with Crippen molar-refractivity contribution in [3.63, 3.8) is 0 Å². The molecule has 0 aliphatic rings. The summed E-state index contributed by atoms with van der Waals surface area (Å²) in [5.41, 5.74) is 7.02. The van der Waals surface area contributed by atoms with Gasteiger partial charge in [0.1, 0.15) is 0 Å². The molecule has 13 heavy (non-hydrogen) atoms. The summed E-state index contributed by atoms with van der Waals surface area (Å²) in [6.07, 6.45) is 3.04. The lowest BCUT2D eigenvalue weighted by atomic mass is 9.99. The van der Waals surface area contributed by atoms with Crippen LogP contribution in [0.2, 0.25) is 0 Å². The Labute approximate surface area is 84.2 Å². The molecular formula is C10H18N2S. The molecule has 0 atom stereocenters. The van der Waals surface area contributed by atoms with E-state index in [0.29, 0.717) is 0 Å². The van der Waals surface area contributed by atoms with Crippen molar-refractivity contribution < 1.29 is 0 Å². The molecule has 2 N–H and O–H groups in total. The molecule has 0 saturated carbocycles. The second-order valence-corrected chi connectivity index (χ2v) is 5.02. The van der Waals surface area contributed by atoms with Crippen molar-refractivity contribution in [2.45, 2.75) is 45.6 Å². The molecule has 0 aliphatic carbocycles. The van der Waals surface area contributed by atoms with Crippen molar-refractivity contribution in [3.05, 3.63) is 16.1 Å². The Bertz CT molecular complexity index is 260. The molecule has 1 aromatic heterocycles. The first-order chi connectivity index (χ1) is 6.01. The Hall–Kier alpha value is -0.410. The van der Waals surface area contributed by atoms with Crippen LogP contribution in [0.15, 0.2) is 5.38 Å². The van der Waals surface area contributed by atoms with Gasteiger partial charge in [-0.2, -0.15) is 0 Å². The fourth-order valence-corrected chi connectivity index (χ4v) is 1.86. The minimum absolute atomic E-state index is 0.0734. The van der Waals surface area contributed by atoms with Crippen LogP contribution in [0.3, 0.4) is 0 Å². The Kier molecular flexibility index (Phi) is 3.45. The van der Waals surface area contributed by atoms with Crippen LogP contribution < -0.4 is 5.73 Å².